The zero-order valence-corrected chi connectivity index (χ0v) is 8.83. The van der Waals surface area contributed by atoms with Gasteiger partial charge in [0.15, 0.2) is 0 Å². The third kappa shape index (κ3) is 8.89. The van der Waals surface area contributed by atoms with Crippen LogP contribution in [0, 0.1) is 0 Å². The fraction of sp³-hybridized carbons (Fsp3) is 0. The van der Waals surface area contributed by atoms with Gasteiger partial charge in [-0.25, -0.2) is 0 Å². The Morgan fingerprint density at radius 1 is 1.00 bits per heavy atom. The Bertz CT molecular complexity index is 8.00. The molecule has 0 aliphatic rings. The molecule has 4 heteroatoms. The summed E-state index contributed by atoms with van der Waals surface area (Å²) in [6.45, 7) is 0. The summed E-state index contributed by atoms with van der Waals surface area (Å²) in [5, 5.41) is 0. The first-order chi connectivity index (χ1) is 0. The van der Waals surface area contributed by atoms with E-state index < -0.39 is 0 Å². The predicted octanol–water partition coefficient (Wildman–Crippen LogP) is 0.105. The zero-order chi connectivity index (χ0) is 0. The van der Waals surface area contributed by atoms with Crippen LogP contribution in [0.2, 0.25) is 0 Å². The van der Waals surface area contributed by atoms with Gasteiger partial charge in [-0.15, -0.1) is 0 Å². The van der Waals surface area contributed by atoms with Gasteiger partial charge in [0.1, 0.15) is 0 Å². The Hall–Kier alpha value is 2.18. The minimum atomic E-state index is 0. The Labute approximate surface area is 70.4 Å². The maximum absolute atomic E-state index is 0. The molecule has 0 unspecified atom stereocenters. The Morgan fingerprint density at radius 2 is 1.00 bits per heavy atom. The van der Waals surface area contributed by atoms with E-state index in [1.165, 1.54) is 0 Å². The number of hydrogen-bond acceptors (Lipinski definition) is 0. The van der Waals surface area contributed by atoms with Gasteiger partial charge in [-0.2, -0.15) is 13.5 Å². The summed E-state index contributed by atoms with van der Waals surface area (Å²) in [6.07, 6.45) is 0. The van der Waals surface area contributed by atoms with E-state index in [0.29, 0.717) is 0 Å². The third-order valence-electron chi connectivity index (χ3n) is 0. The molecule has 0 saturated carbocycles. The maximum atomic E-state index is 0. The van der Waals surface area contributed by atoms with E-state index in [9.17, 15) is 0 Å². The molecule has 0 aromatic carbocycles. The van der Waals surface area contributed by atoms with Crippen LogP contribution in [0.25, 0.3) is 0 Å². The van der Waals surface area contributed by atoms with Crippen molar-refractivity contribution in [1.82, 2.24) is 0 Å². The quantitative estimate of drug-likeness (QED) is 0.541. The maximum Gasteiger partial charge on any atom is 0 e. The van der Waals surface area contributed by atoms with Crippen molar-refractivity contribution in [2.24, 2.45) is 0 Å². The molecule has 0 heterocycles. The van der Waals surface area contributed by atoms with Gasteiger partial charge in [-0.3, -0.25) is 0 Å². The number of hydrogen-bond donors (Lipinski definition) is 0. The average molecular weight is 259 g/mol. The first-order valence-corrected chi connectivity index (χ1v) is 0. The molecule has 0 aliphatic carbocycles. The minimum absolute atomic E-state index is 0. The summed E-state index contributed by atoms with van der Waals surface area (Å²) < 4.78 is 0. The van der Waals surface area contributed by atoms with Crippen LogP contribution in [0.15, 0.2) is 0 Å². The molecule has 0 nitrogen and oxygen atoms in total. The second-order valence-electron chi connectivity index (χ2n) is 0. The smallest absolute Gasteiger partial charge is 0 e. The van der Waals surface area contributed by atoms with Crippen molar-refractivity contribution in [2.45, 2.75) is 0 Å². The molecule has 0 bridgehead atoms. The molecule has 0 saturated heterocycles. The Balaban J connectivity index is 0. The molecule has 0 amide bonds. The summed E-state index contributed by atoms with van der Waals surface area (Å²) in [6, 6.07) is 0. The molecule has 0 N–H and O–H groups in total. The van der Waals surface area contributed by atoms with Crippen LogP contribution in [-0.4, -0.2) is 0 Å². The van der Waals surface area contributed by atoms with Crippen LogP contribution in [0.3, 0.4) is 0 Å². The fourth-order valence-corrected chi connectivity index (χ4v) is 0. The van der Waals surface area contributed by atoms with Crippen LogP contribution in [0.1, 0.15) is 0 Å². The molecule has 0 spiro atoms. The van der Waals surface area contributed by atoms with Gasteiger partial charge in [0.2, 0.25) is 0 Å². The first kappa shape index (κ1) is 34.9. The monoisotopic (exact) mass is 259 g/mol. The van der Waals surface area contributed by atoms with Crippen molar-refractivity contribution in [3.63, 3.8) is 0 Å². The molecular formula is H2CuMoSZn. The van der Waals surface area contributed by atoms with Gasteiger partial charge in [0.25, 0.3) is 0 Å². The van der Waals surface area contributed by atoms with Crippen LogP contribution in [-0.2, 0) is 57.6 Å². The topological polar surface area (TPSA) is 0 Å². The minimum Gasteiger partial charge on any atom is -0.197 e. The summed E-state index contributed by atoms with van der Waals surface area (Å²) >= 11 is 0. The van der Waals surface area contributed by atoms with Gasteiger partial charge in [0.05, 0.1) is 0 Å². The Kier molecular flexibility index (Phi) is 166. The summed E-state index contributed by atoms with van der Waals surface area (Å²) in [7, 11) is 0. The summed E-state index contributed by atoms with van der Waals surface area (Å²) in [5.41, 5.74) is 0. The van der Waals surface area contributed by atoms with Gasteiger partial charge in [0, 0.05) is 57.6 Å². The zero-order valence-electron chi connectivity index (χ0n) is 1.92. The predicted molar refractivity (Wildman–Crippen MR) is 10.4 cm³/mol. The third-order valence-corrected chi connectivity index (χ3v) is 0. The SMILES string of the molecule is S.[Cu].[Mo].[Zn]. The van der Waals surface area contributed by atoms with Crippen molar-refractivity contribution < 1.29 is 57.6 Å². The van der Waals surface area contributed by atoms with E-state index in [2.05, 4.69) is 0 Å². The standard InChI is InChI=1S/Cu.Mo.H2S.Zn/h;;1H2;. The van der Waals surface area contributed by atoms with Gasteiger partial charge in [-0.1, -0.05) is 0 Å². The van der Waals surface area contributed by atoms with Crippen molar-refractivity contribution in [3.05, 3.63) is 0 Å². The summed E-state index contributed by atoms with van der Waals surface area (Å²) in [4.78, 5) is 0. The van der Waals surface area contributed by atoms with Gasteiger partial charge >= 0.3 is 0 Å². The molecule has 27 valence electrons. The van der Waals surface area contributed by atoms with Gasteiger partial charge in [-0.05, 0) is 0 Å². The van der Waals surface area contributed by atoms with Crippen LogP contribution >= 0.6 is 13.5 Å². The molecular weight excluding hydrogens is 257 g/mol. The second-order valence-corrected chi connectivity index (χ2v) is 0. The van der Waals surface area contributed by atoms with E-state index in [0.717, 1.165) is 0 Å². The van der Waals surface area contributed by atoms with E-state index in [4.69, 9.17) is 0 Å². The van der Waals surface area contributed by atoms with E-state index >= 15 is 0 Å². The normalized spacial score (nSPS) is 0. The van der Waals surface area contributed by atoms with Crippen molar-refractivity contribution in [2.75, 3.05) is 0 Å². The fourth-order valence-electron chi connectivity index (χ4n) is 0. The Morgan fingerprint density at radius 3 is 1.00 bits per heavy atom. The van der Waals surface area contributed by atoms with E-state index in [1.807, 2.05) is 0 Å². The molecule has 0 aliphatic heterocycles. The van der Waals surface area contributed by atoms with Crippen molar-refractivity contribution in [3.8, 4) is 0 Å². The van der Waals surface area contributed by atoms with Gasteiger partial charge < -0.3 is 0 Å². The molecule has 0 aromatic heterocycles. The van der Waals surface area contributed by atoms with E-state index in [1.54, 1.807) is 0 Å². The number of rotatable bonds is 0. The van der Waals surface area contributed by atoms with Crippen molar-refractivity contribution >= 4 is 13.5 Å². The van der Waals surface area contributed by atoms with Crippen LogP contribution < -0.4 is 0 Å². The molecule has 0 aromatic rings. The molecule has 1 radical (unpaired) electrons. The largest absolute Gasteiger partial charge is 0.197 e. The molecule has 4 heavy (non-hydrogen) atoms. The van der Waals surface area contributed by atoms with Crippen LogP contribution in [0.5, 0.6) is 0 Å². The summed E-state index contributed by atoms with van der Waals surface area (Å²) in [5.74, 6) is 0. The van der Waals surface area contributed by atoms with E-state index in [-0.39, 0.29) is 71.1 Å². The average Bonchev–Trinajstić information content (AvgIpc) is 0. The first-order valence-electron chi connectivity index (χ1n) is 0. The van der Waals surface area contributed by atoms with Crippen molar-refractivity contribution in [1.29, 1.82) is 0 Å². The molecule has 0 rings (SSSR count). The molecule has 0 fully saturated rings. The molecule has 0 atom stereocenters. The second kappa shape index (κ2) is 19.0. The van der Waals surface area contributed by atoms with Crippen LogP contribution in [0.4, 0.5) is 0 Å².